The van der Waals surface area contributed by atoms with Crippen LogP contribution in [-0.2, 0) is 6.18 Å². The molecule has 5 N–H and O–H groups in total. The Morgan fingerprint density at radius 2 is 2.00 bits per heavy atom. The topological polar surface area (TPSA) is 122 Å². The quantitative estimate of drug-likeness (QED) is 0.544. The normalized spacial score (nSPS) is 11.5. The fourth-order valence-electron chi connectivity index (χ4n) is 2.25. The van der Waals surface area contributed by atoms with Crippen LogP contribution in [0.2, 0.25) is 0 Å². The van der Waals surface area contributed by atoms with Crippen LogP contribution >= 0.6 is 0 Å². The van der Waals surface area contributed by atoms with Crippen molar-refractivity contribution in [3.8, 4) is 0 Å². The first kappa shape index (κ1) is 17.6. The van der Waals surface area contributed by atoms with Crippen LogP contribution < -0.4 is 21.9 Å². The van der Waals surface area contributed by atoms with Gasteiger partial charge in [0.05, 0.1) is 11.8 Å². The molecule has 0 aliphatic heterocycles. The first-order valence-corrected chi connectivity index (χ1v) is 7.52. The summed E-state index contributed by atoms with van der Waals surface area (Å²) >= 11 is 0. The number of nitrogens with two attached hydrogens (primary N) is 1. The number of anilines is 3. The highest BCUT2D eigenvalue weighted by molar-refractivity contribution is 5.91. The largest absolute Gasteiger partial charge is 0.433 e. The molecule has 3 rings (SSSR count). The molecule has 0 amide bonds. The van der Waals surface area contributed by atoms with Gasteiger partial charge >= 0.3 is 6.18 Å². The zero-order valence-electron chi connectivity index (χ0n) is 13.3. The molecule has 3 aromatic rings. The summed E-state index contributed by atoms with van der Waals surface area (Å²) in [6.45, 7) is 0.767. The van der Waals surface area contributed by atoms with Gasteiger partial charge in [0.1, 0.15) is 28.5 Å². The molecule has 0 saturated heterocycles. The Morgan fingerprint density at radius 1 is 1.19 bits per heavy atom. The summed E-state index contributed by atoms with van der Waals surface area (Å²) in [5.41, 5.74) is 4.21. The second kappa shape index (κ2) is 6.96. The molecule has 0 radical (unpaired) electrons. The molecule has 0 aromatic carbocycles. The fraction of sp³-hybridized carbons (Fsp3) is 0.200. The fourth-order valence-corrected chi connectivity index (χ4v) is 2.25. The molecule has 0 spiro atoms. The Bertz CT molecular complexity index is 987. The van der Waals surface area contributed by atoms with Gasteiger partial charge in [-0.1, -0.05) is 6.07 Å². The summed E-state index contributed by atoms with van der Waals surface area (Å²) in [4.78, 5) is 26.3. The number of nitrogens with one attached hydrogen (secondary N) is 3. The molecule has 0 saturated carbocycles. The summed E-state index contributed by atoms with van der Waals surface area (Å²) in [6, 6.07) is 4.95. The molecular weight excluding hydrogens is 351 g/mol. The number of hydrogen-bond acceptors (Lipinski definition) is 7. The van der Waals surface area contributed by atoms with Crippen LogP contribution in [0.25, 0.3) is 10.9 Å². The van der Waals surface area contributed by atoms with E-state index in [0.717, 1.165) is 6.07 Å². The first-order valence-electron chi connectivity index (χ1n) is 7.52. The zero-order valence-corrected chi connectivity index (χ0v) is 13.3. The van der Waals surface area contributed by atoms with E-state index in [0.29, 0.717) is 24.4 Å². The number of hydrogen-bond donors (Lipinski definition) is 4. The van der Waals surface area contributed by atoms with Gasteiger partial charge in [-0.3, -0.25) is 4.79 Å². The van der Waals surface area contributed by atoms with E-state index in [2.05, 4.69) is 30.6 Å². The summed E-state index contributed by atoms with van der Waals surface area (Å²) in [7, 11) is 0. The predicted molar refractivity (Wildman–Crippen MR) is 90.2 cm³/mol. The van der Waals surface area contributed by atoms with E-state index in [9.17, 15) is 18.0 Å². The summed E-state index contributed by atoms with van der Waals surface area (Å²) in [5.74, 6) is 0.298. The highest BCUT2D eigenvalue weighted by Gasteiger charge is 2.32. The van der Waals surface area contributed by atoms with Gasteiger partial charge in [-0.15, -0.1) is 0 Å². The number of halogens is 3. The number of H-pyrrole nitrogens is 1. The van der Waals surface area contributed by atoms with Crippen molar-refractivity contribution in [2.75, 3.05) is 23.7 Å². The standard InChI is InChI=1S/C15H14F3N7O/c16-15(17,18)9-2-1-3-10(23-9)24-13-12-8(21-7-22-14(12)26)6-11(25-13)20-5-4-19/h1-3,6-7H,4-5,19H2,(H,21,22,26)(H2,20,23,24,25). The molecule has 0 fully saturated rings. The molecule has 0 bridgehead atoms. The summed E-state index contributed by atoms with van der Waals surface area (Å²) in [6.07, 6.45) is -3.36. The molecule has 0 aliphatic rings. The molecule has 136 valence electrons. The Labute approximate surface area is 144 Å². The maximum Gasteiger partial charge on any atom is 0.433 e. The molecule has 11 heteroatoms. The first-order chi connectivity index (χ1) is 12.4. The molecule has 0 unspecified atom stereocenters. The lowest BCUT2D eigenvalue weighted by molar-refractivity contribution is -0.141. The molecule has 26 heavy (non-hydrogen) atoms. The molecule has 3 aromatic heterocycles. The average Bonchev–Trinajstić information content (AvgIpc) is 2.59. The third-order valence-corrected chi connectivity index (χ3v) is 3.36. The Kier molecular flexibility index (Phi) is 4.71. The van der Waals surface area contributed by atoms with Crippen molar-refractivity contribution in [2.45, 2.75) is 6.18 Å². The lowest BCUT2D eigenvalue weighted by atomic mass is 10.2. The summed E-state index contributed by atoms with van der Waals surface area (Å²) in [5, 5.41) is 5.70. The van der Waals surface area contributed by atoms with Gasteiger partial charge in [0, 0.05) is 19.2 Å². The molecule has 8 nitrogen and oxygen atoms in total. The van der Waals surface area contributed by atoms with Crippen LogP contribution in [-0.4, -0.2) is 33.0 Å². The summed E-state index contributed by atoms with van der Waals surface area (Å²) < 4.78 is 38.5. The second-order valence-electron chi connectivity index (χ2n) is 5.23. The van der Waals surface area contributed by atoms with Crippen molar-refractivity contribution in [2.24, 2.45) is 5.73 Å². The molecule has 3 heterocycles. The van der Waals surface area contributed by atoms with Gasteiger partial charge in [-0.2, -0.15) is 13.2 Å². The smallest absolute Gasteiger partial charge is 0.369 e. The van der Waals surface area contributed by atoms with Gasteiger partial charge in [0.2, 0.25) is 0 Å². The van der Waals surface area contributed by atoms with E-state index < -0.39 is 17.4 Å². The van der Waals surface area contributed by atoms with Crippen LogP contribution in [0.1, 0.15) is 5.69 Å². The van der Waals surface area contributed by atoms with Crippen LogP contribution in [0.5, 0.6) is 0 Å². The Balaban J connectivity index is 2.07. The number of aromatic amines is 1. The molecular formula is C15H14F3N7O. The average molecular weight is 365 g/mol. The van der Waals surface area contributed by atoms with Crippen LogP contribution in [0.4, 0.5) is 30.6 Å². The van der Waals surface area contributed by atoms with Crippen molar-refractivity contribution in [3.63, 3.8) is 0 Å². The number of alkyl halides is 3. The molecule has 0 aliphatic carbocycles. The van der Waals surface area contributed by atoms with Crippen molar-refractivity contribution >= 4 is 28.4 Å². The maximum atomic E-state index is 12.8. The SMILES string of the molecule is NCCNc1cc2nc[nH]c(=O)c2c(Nc2cccc(C(F)(F)F)n2)n1. The van der Waals surface area contributed by atoms with Gasteiger partial charge in [0.15, 0.2) is 0 Å². The number of aromatic nitrogens is 4. The number of pyridine rings is 2. The number of fused-ring (bicyclic) bond motifs is 1. The third-order valence-electron chi connectivity index (χ3n) is 3.36. The third kappa shape index (κ3) is 3.72. The van der Waals surface area contributed by atoms with Gasteiger partial charge in [-0.05, 0) is 12.1 Å². The minimum atomic E-state index is -4.59. The van der Waals surface area contributed by atoms with Crippen molar-refractivity contribution in [1.29, 1.82) is 0 Å². The van der Waals surface area contributed by atoms with Gasteiger partial charge in [-0.25, -0.2) is 15.0 Å². The maximum absolute atomic E-state index is 12.8. The van der Waals surface area contributed by atoms with E-state index in [1.54, 1.807) is 6.07 Å². The number of rotatable bonds is 5. The second-order valence-corrected chi connectivity index (χ2v) is 5.23. The highest BCUT2D eigenvalue weighted by atomic mass is 19.4. The van der Waals surface area contributed by atoms with E-state index >= 15 is 0 Å². The van der Waals surface area contributed by atoms with E-state index in [1.807, 2.05) is 0 Å². The van der Waals surface area contributed by atoms with Crippen LogP contribution in [0, 0.1) is 0 Å². The Hall–Kier alpha value is -3.21. The van der Waals surface area contributed by atoms with Gasteiger partial charge < -0.3 is 21.4 Å². The van der Waals surface area contributed by atoms with Gasteiger partial charge in [0.25, 0.3) is 5.56 Å². The lowest BCUT2D eigenvalue weighted by Crippen LogP contribution is -2.16. The van der Waals surface area contributed by atoms with Crippen LogP contribution in [0.3, 0.4) is 0 Å². The zero-order chi connectivity index (χ0) is 18.7. The van der Waals surface area contributed by atoms with E-state index in [4.69, 9.17) is 5.73 Å². The monoisotopic (exact) mass is 365 g/mol. The minimum absolute atomic E-state index is 0.0307. The number of nitrogens with zero attached hydrogens (tertiary/aromatic N) is 3. The minimum Gasteiger partial charge on any atom is -0.369 e. The van der Waals surface area contributed by atoms with Crippen molar-refractivity contribution in [1.82, 2.24) is 19.9 Å². The Morgan fingerprint density at radius 3 is 2.73 bits per heavy atom. The predicted octanol–water partition coefficient (Wildman–Crippen LogP) is 1.85. The van der Waals surface area contributed by atoms with E-state index in [-0.39, 0.29) is 17.0 Å². The van der Waals surface area contributed by atoms with Crippen molar-refractivity contribution in [3.05, 3.63) is 46.6 Å². The lowest BCUT2D eigenvalue weighted by Gasteiger charge is -2.12. The van der Waals surface area contributed by atoms with Crippen molar-refractivity contribution < 1.29 is 13.2 Å². The highest BCUT2D eigenvalue weighted by Crippen LogP contribution is 2.29. The van der Waals surface area contributed by atoms with E-state index in [1.165, 1.54) is 18.5 Å². The molecule has 0 atom stereocenters. The van der Waals surface area contributed by atoms with Crippen LogP contribution in [0.15, 0.2) is 35.4 Å².